The third-order valence-corrected chi connectivity index (χ3v) is 5.68. The molecule has 2 aromatic heterocycles. The maximum atomic E-state index is 10.9. The number of aromatic hydroxyl groups is 1. The summed E-state index contributed by atoms with van der Waals surface area (Å²) in [4.78, 5) is 11.1. The molecule has 0 aliphatic heterocycles. The molecular formula is C13H14Br2O5S2. The lowest BCUT2D eigenvalue weighted by atomic mass is 10.4. The van der Waals surface area contributed by atoms with Crippen LogP contribution >= 0.6 is 54.5 Å². The maximum Gasteiger partial charge on any atom is 0.351 e. The van der Waals surface area contributed by atoms with E-state index in [0.29, 0.717) is 17.9 Å². The highest BCUT2D eigenvalue weighted by atomic mass is 79.9. The summed E-state index contributed by atoms with van der Waals surface area (Å²) in [5, 5.41) is 14.7. The second-order valence-corrected chi connectivity index (χ2v) is 6.92. The summed E-state index contributed by atoms with van der Waals surface area (Å²) in [7, 11) is 1.27. The Bertz CT molecular complexity index is 597. The molecule has 0 aliphatic carbocycles. The van der Waals surface area contributed by atoms with Gasteiger partial charge in [-0.1, -0.05) is 0 Å². The Hall–Kier alpha value is -0.610. The van der Waals surface area contributed by atoms with Gasteiger partial charge in [-0.05, 0) is 38.8 Å². The van der Waals surface area contributed by atoms with E-state index in [1.165, 1.54) is 7.11 Å². The quantitative estimate of drug-likeness (QED) is 0.380. The summed E-state index contributed by atoms with van der Waals surface area (Å²) >= 11 is 9.15. The van der Waals surface area contributed by atoms with Crippen LogP contribution in [0.25, 0.3) is 0 Å². The molecule has 0 aromatic carbocycles. The molecule has 1 N–H and O–H groups in total. The largest absolute Gasteiger partial charge is 0.505 e. The van der Waals surface area contributed by atoms with E-state index < -0.39 is 5.97 Å². The van der Waals surface area contributed by atoms with Gasteiger partial charge in [0.2, 0.25) is 0 Å². The summed E-state index contributed by atoms with van der Waals surface area (Å²) in [6, 6.07) is 0. The van der Waals surface area contributed by atoms with Crippen LogP contribution in [0.1, 0.15) is 16.6 Å². The van der Waals surface area contributed by atoms with Crippen molar-refractivity contribution in [1.29, 1.82) is 0 Å². The van der Waals surface area contributed by atoms with Crippen LogP contribution in [0, 0.1) is 0 Å². The average molecular weight is 474 g/mol. The van der Waals surface area contributed by atoms with E-state index in [4.69, 9.17) is 9.47 Å². The van der Waals surface area contributed by atoms with Gasteiger partial charge in [-0.15, -0.1) is 22.7 Å². The molecule has 0 saturated heterocycles. The SMILES string of the molecule is CCOCOc1cscc1Br.COC(=O)c1scc(Br)c1O. The first-order valence-corrected chi connectivity index (χ1v) is 9.38. The van der Waals surface area contributed by atoms with Gasteiger partial charge in [0, 0.05) is 22.7 Å². The first-order chi connectivity index (χ1) is 10.5. The lowest BCUT2D eigenvalue weighted by Gasteiger charge is -2.02. The lowest BCUT2D eigenvalue weighted by Crippen LogP contribution is -2.01. The molecule has 0 spiro atoms. The van der Waals surface area contributed by atoms with Crippen LogP contribution in [0.2, 0.25) is 0 Å². The molecule has 2 rings (SSSR count). The van der Waals surface area contributed by atoms with Gasteiger partial charge in [0.05, 0.1) is 16.1 Å². The van der Waals surface area contributed by atoms with E-state index in [1.807, 2.05) is 17.7 Å². The number of carbonyl (C=O) groups excluding carboxylic acids is 1. The summed E-state index contributed by atoms with van der Waals surface area (Å²) in [6.07, 6.45) is 0. The van der Waals surface area contributed by atoms with Gasteiger partial charge in [-0.3, -0.25) is 0 Å². The molecule has 0 unspecified atom stereocenters. The Morgan fingerprint density at radius 2 is 2.00 bits per heavy atom. The predicted octanol–water partition coefficient (Wildman–Crippen LogP) is 4.89. The van der Waals surface area contributed by atoms with Gasteiger partial charge in [0.15, 0.2) is 17.4 Å². The molecule has 0 atom stereocenters. The summed E-state index contributed by atoms with van der Waals surface area (Å²) in [6.45, 7) is 2.94. The fourth-order valence-corrected chi connectivity index (χ4v) is 3.80. The van der Waals surface area contributed by atoms with Crippen molar-refractivity contribution < 1.29 is 24.1 Å². The monoisotopic (exact) mass is 472 g/mol. The molecule has 0 radical (unpaired) electrons. The third kappa shape index (κ3) is 5.88. The molecule has 0 amide bonds. The van der Waals surface area contributed by atoms with Crippen LogP contribution in [0.4, 0.5) is 0 Å². The van der Waals surface area contributed by atoms with E-state index in [1.54, 1.807) is 16.7 Å². The molecule has 122 valence electrons. The number of rotatable bonds is 5. The van der Waals surface area contributed by atoms with E-state index in [2.05, 4.69) is 36.6 Å². The third-order valence-electron chi connectivity index (χ3n) is 2.18. The first kappa shape index (κ1) is 19.4. The standard InChI is InChI=1S/C7H9BrO2S.C6H5BrO3S/c1-2-9-5-10-7-4-11-3-6(7)8;1-10-6(9)5-4(8)3(7)2-11-5/h3-4H,2,5H2,1H3;2,8H,1H3. The zero-order valence-electron chi connectivity index (χ0n) is 11.8. The summed E-state index contributed by atoms with van der Waals surface area (Å²) in [5.74, 6) is 0.281. The normalized spacial score (nSPS) is 9.82. The number of halogens is 2. The molecule has 2 aromatic rings. The Kier molecular flexibility index (Phi) is 9.03. The maximum absolute atomic E-state index is 10.9. The molecule has 0 fully saturated rings. The molecule has 2 heterocycles. The Labute approximate surface area is 153 Å². The van der Waals surface area contributed by atoms with Gasteiger partial charge in [-0.25, -0.2) is 4.79 Å². The van der Waals surface area contributed by atoms with Crippen molar-refractivity contribution in [3.63, 3.8) is 0 Å². The van der Waals surface area contributed by atoms with Crippen molar-refractivity contribution >= 4 is 60.5 Å². The predicted molar refractivity (Wildman–Crippen MR) is 94.2 cm³/mol. The number of carbonyl (C=O) groups is 1. The number of esters is 1. The van der Waals surface area contributed by atoms with Crippen LogP contribution in [-0.4, -0.2) is 31.6 Å². The highest BCUT2D eigenvalue weighted by molar-refractivity contribution is 9.11. The van der Waals surface area contributed by atoms with Crippen LogP contribution < -0.4 is 4.74 Å². The molecular weight excluding hydrogens is 460 g/mol. The van der Waals surface area contributed by atoms with Gasteiger partial charge < -0.3 is 19.3 Å². The Morgan fingerprint density at radius 1 is 1.27 bits per heavy atom. The van der Waals surface area contributed by atoms with Crippen molar-refractivity contribution in [2.24, 2.45) is 0 Å². The van der Waals surface area contributed by atoms with Crippen LogP contribution in [0.3, 0.4) is 0 Å². The van der Waals surface area contributed by atoms with E-state index in [0.717, 1.165) is 21.6 Å². The second kappa shape index (κ2) is 10.2. The summed E-state index contributed by atoms with van der Waals surface area (Å²) < 4.78 is 16.2. The van der Waals surface area contributed by atoms with E-state index in [9.17, 15) is 9.90 Å². The molecule has 0 saturated carbocycles. The van der Waals surface area contributed by atoms with Crippen molar-refractivity contribution in [3.05, 3.63) is 30.0 Å². The fourth-order valence-electron chi connectivity index (χ4n) is 1.13. The fraction of sp³-hybridized carbons (Fsp3) is 0.308. The minimum atomic E-state index is -0.516. The average Bonchev–Trinajstić information content (AvgIpc) is 3.07. The number of thiophene rings is 2. The molecule has 22 heavy (non-hydrogen) atoms. The van der Waals surface area contributed by atoms with Crippen molar-refractivity contribution in [3.8, 4) is 11.5 Å². The van der Waals surface area contributed by atoms with Gasteiger partial charge >= 0.3 is 5.97 Å². The summed E-state index contributed by atoms with van der Waals surface area (Å²) in [5.41, 5.74) is 0. The molecule has 5 nitrogen and oxygen atoms in total. The van der Waals surface area contributed by atoms with Gasteiger partial charge in [0.1, 0.15) is 5.75 Å². The number of ether oxygens (including phenoxy) is 3. The zero-order chi connectivity index (χ0) is 16.5. The molecule has 0 bridgehead atoms. The van der Waals surface area contributed by atoms with Crippen molar-refractivity contribution in [1.82, 2.24) is 0 Å². The van der Waals surface area contributed by atoms with Crippen LogP contribution in [0.5, 0.6) is 11.5 Å². The number of hydrogen-bond donors (Lipinski definition) is 1. The van der Waals surface area contributed by atoms with Crippen molar-refractivity contribution in [2.75, 3.05) is 20.5 Å². The smallest absolute Gasteiger partial charge is 0.351 e. The second-order valence-electron chi connectivity index (χ2n) is 3.59. The minimum absolute atomic E-state index is 0.0538. The van der Waals surface area contributed by atoms with E-state index in [-0.39, 0.29) is 10.6 Å². The zero-order valence-corrected chi connectivity index (χ0v) is 16.6. The van der Waals surface area contributed by atoms with Crippen LogP contribution in [-0.2, 0) is 9.47 Å². The van der Waals surface area contributed by atoms with E-state index >= 15 is 0 Å². The Morgan fingerprint density at radius 3 is 2.45 bits per heavy atom. The molecule has 9 heteroatoms. The van der Waals surface area contributed by atoms with Crippen molar-refractivity contribution in [2.45, 2.75) is 6.92 Å². The number of hydrogen-bond acceptors (Lipinski definition) is 7. The highest BCUT2D eigenvalue weighted by Gasteiger charge is 2.15. The minimum Gasteiger partial charge on any atom is -0.505 e. The van der Waals surface area contributed by atoms with Crippen LogP contribution in [0.15, 0.2) is 25.1 Å². The Balaban J connectivity index is 0.000000220. The first-order valence-electron chi connectivity index (χ1n) is 5.97. The van der Waals surface area contributed by atoms with Gasteiger partial charge in [-0.2, -0.15) is 0 Å². The van der Waals surface area contributed by atoms with Gasteiger partial charge in [0.25, 0.3) is 0 Å². The highest BCUT2D eigenvalue weighted by Crippen LogP contribution is 2.33. The lowest BCUT2D eigenvalue weighted by molar-refractivity contribution is 0.0222. The number of methoxy groups -OCH3 is 1. The topological polar surface area (TPSA) is 65.0 Å². The molecule has 0 aliphatic rings.